The van der Waals surface area contributed by atoms with Gasteiger partial charge < -0.3 is 10.3 Å². The van der Waals surface area contributed by atoms with Gasteiger partial charge in [0.15, 0.2) is 5.82 Å². The fraction of sp³-hybridized carbons (Fsp3) is 0.875. The summed E-state index contributed by atoms with van der Waals surface area (Å²) in [6.07, 6.45) is 5.90. The van der Waals surface area contributed by atoms with Gasteiger partial charge in [0, 0.05) is 12.0 Å². The molecule has 0 amide bonds. The van der Waals surface area contributed by atoms with Gasteiger partial charge in [-0.1, -0.05) is 25.9 Å². The zero-order valence-electron chi connectivity index (χ0n) is 13.3. The number of nitrogens with zero attached hydrogens (tertiary/aromatic N) is 2. The second kappa shape index (κ2) is 6.70. The molecule has 20 heavy (non-hydrogen) atoms. The molecule has 0 bridgehead atoms. The lowest BCUT2D eigenvalue weighted by Gasteiger charge is -2.29. The van der Waals surface area contributed by atoms with E-state index in [4.69, 9.17) is 10.3 Å². The van der Waals surface area contributed by atoms with Crippen LogP contribution >= 0.6 is 0 Å². The topological polar surface area (TPSA) is 64.9 Å². The zero-order valence-corrected chi connectivity index (χ0v) is 13.3. The molecule has 0 spiro atoms. The van der Waals surface area contributed by atoms with Crippen molar-refractivity contribution >= 4 is 0 Å². The van der Waals surface area contributed by atoms with E-state index in [-0.39, 0.29) is 12.0 Å². The fourth-order valence-electron chi connectivity index (χ4n) is 3.38. The smallest absolute Gasteiger partial charge is 0.231 e. The molecule has 1 aliphatic rings. The summed E-state index contributed by atoms with van der Waals surface area (Å²) in [6.45, 7) is 8.77. The molecule has 1 aromatic heterocycles. The SMILES string of the molecule is CCC(c1nc(C2CCC(C(C)C)CC2)no1)C(C)N. The summed E-state index contributed by atoms with van der Waals surface area (Å²) in [7, 11) is 0. The highest BCUT2D eigenvalue weighted by atomic mass is 16.5. The number of hydrogen-bond acceptors (Lipinski definition) is 4. The van der Waals surface area contributed by atoms with E-state index < -0.39 is 0 Å². The number of hydrogen-bond donors (Lipinski definition) is 1. The predicted molar refractivity (Wildman–Crippen MR) is 80.5 cm³/mol. The molecule has 2 atom stereocenters. The van der Waals surface area contributed by atoms with Crippen LogP contribution in [0.2, 0.25) is 0 Å². The average molecular weight is 279 g/mol. The van der Waals surface area contributed by atoms with Gasteiger partial charge in [0.2, 0.25) is 5.89 Å². The molecule has 1 aliphatic carbocycles. The first kappa shape index (κ1) is 15.5. The van der Waals surface area contributed by atoms with Gasteiger partial charge in [-0.25, -0.2) is 0 Å². The van der Waals surface area contributed by atoms with E-state index in [2.05, 4.69) is 30.9 Å². The molecular formula is C16H29N3O. The maximum Gasteiger partial charge on any atom is 0.231 e. The second-order valence-electron chi connectivity index (χ2n) is 6.72. The van der Waals surface area contributed by atoms with E-state index in [9.17, 15) is 0 Å². The maximum atomic E-state index is 5.99. The van der Waals surface area contributed by atoms with Crippen LogP contribution < -0.4 is 5.73 Å². The van der Waals surface area contributed by atoms with Crippen molar-refractivity contribution < 1.29 is 4.52 Å². The highest BCUT2D eigenvalue weighted by molar-refractivity contribution is 5.02. The molecule has 1 heterocycles. The number of nitrogens with two attached hydrogens (primary N) is 1. The van der Waals surface area contributed by atoms with Crippen LogP contribution in [0, 0.1) is 11.8 Å². The Morgan fingerprint density at radius 2 is 1.85 bits per heavy atom. The fourth-order valence-corrected chi connectivity index (χ4v) is 3.38. The van der Waals surface area contributed by atoms with Crippen LogP contribution in [0.25, 0.3) is 0 Å². The zero-order chi connectivity index (χ0) is 14.7. The summed E-state index contributed by atoms with van der Waals surface area (Å²) in [5.74, 6) is 3.95. The van der Waals surface area contributed by atoms with Crippen molar-refractivity contribution in [1.82, 2.24) is 10.1 Å². The van der Waals surface area contributed by atoms with Crippen LogP contribution in [-0.4, -0.2) is 16.2 Å². The van der Waals surface area contributed by atoms with Crippen molar-refractivity contribution in [3.05, 3.63) is 11.7 Å². The molecular weight excluding hydrogens is 250 g/mol. The van der Waals surface area contributed by atoms with E-state index in [1.54, 1.807) is 0 Å². The minimum absolute atomic E-state index is 0.0602. The van der Waals surface area contributed by atoms with Crippen LogP contribution in [0.1, 0.15) is 83.3 Å². The van der Waals surface area contributed by atoms with Gasteiger partial charge in [-0.3, -0.25) is 0 Å². The first-order chi connectivity index (χ1) is 9.52. The Kier molecular flexibility index (Phi) is 5.19. The summed E-state index contributed by atoms with van der Waals surface area (Å²) < 4.78 is 5.47. The van der Waals surface area contributed by atoms with Crippen molar-refractivity contribution in [2.45, 2.75) is 77.7 Å². The standard InChI is InChI=1S/C16H29N3O/c1-5-14(11(4)17)16-18-15(19-20-16)13-8-6-12(7-9-13)10(2)3/h10-14H,5-9,17H2,1-4H3. The van der Waals surface area contributed by atoms with Crippen LogP contribution in [0.4, 0.5) is 0 Å². The lowest BCUT2D eigenvalue weighted by Crippen LogP contribution is -2.24. The lowest BCUT2D eigenvalue weighted by molar-refractivity contribution is 0.251. The van der Waals surface area contributed by atoms with E-state index in [0.717, 1.165) is 30.0 Å². The van der Waals surface area contributed by atoms with Gasteiger partial charge in [-0.2, -0.15) is 4.98 Å². The molecule has 2 N–H and O–H groups in total. The van der Waals surface area contributed by atoms with Crippen molar-refractivity contribution in [2.75, 3.05) is 0 Å². The summed E-state index contributed by atoms with van der Waals surface area (Å²) in [5, 5.41) is 4.22. The number of aromatic nitrogens is 2. The third-order valence-corrected chi connectivity index (χ3v) is 4.93. The Morgan fingerprint density at radius 3 is 2.35 bits per heavy atom. The van der Waals surface area contributed by atoms with Gasteiger partial charge >= 0.3 is 0 Å². The Balaban J connectivity index is 1.99. The molecule has 0 aromatic carbocycles. The van der Waals surface area contributed by atoms with Crippen LogP contribution in [0.15, 0.2) is 4.52 Å². The lowest BCUT2D eigenvalue weighted by atomic mass is 9.77. The molecule has 1 aromatic rings. The average Bonchev–Trinajstić information content (AvgIpc) is 2.88. The summed E-state index contributed by atoms with van der Waals surface area (Å²) in [4.78, 5) is 4.64. The largest absolute Gasteiger partial charge is 0.339 e. The third-order valence-electron chi connectivity index (χ3n) is 4.93. The molecule has 0 aliphatic heterocycles. The minimum atomic E-state index is 0.0602. The molecule has 2 rings (SSSR count). The Hall–Kier alpha value is -0.900. The Bertz CT molecular complexity index is 406. The van der Waals surface area contributed by atoms with Crippen LogP contribution in [0.5, 0.6) is 0 Å². The first-order valence-electron chi connectivity index (χ1n) is 8.12. The molecule has 114 valence electrons. The van der Waals surface area contributed by atoms with Gasteiger partial charge in [0.1, 0.15) is 0 Å². The van der Waals surface area contributed by atoms with Gasteiger partial charge in [-0.05, 0) is 50.9 Å². The second-order valence-corrected chi connectivity index (χ2v) is 6.72. The molecule has 2 unspecified atom stereocenters. The quantitative estimate of drug-likeness (QED) is 0.889. The van der Waals surface area contributed by atoms with Crippen LogP contribution in [-0.2, 0) is 0 Å². The van der Waals surface area contributed by atoms with Crippen LogP contribution in [0.3, 0.4) is 0 Å². The molecule has 4 heteroatoms. The van der Waals surface area contributed by atoms with E-state index >= 15 is 0 Å². The summed E-state index contributed by atoms with van der Waals surface area (Å²) >= 11 is 0. The maximum absolute atomic E-state index is 5.99. The minimum Gasteiger partial charge on any atom is -0.339 e. The highest BCUT2D eigenvalue weighted by Crippen LogP contribution is 2.38. The van der Waals surface area contributed by atoms with Gasteiger partial charge in [-0.15, -0.1) is 0 Å². The highest BCUT2D eigenvalue weighted by Gasteiger charge is 2.28. The normalized spacial score (nSPS) is 26.7. The van der Waals surface area contributed by atoms with Crippen molar-refractivity contribution in [1.29, 1.82) is 0 Å². The van der Waals surface area contributed by atoms with Crippen molar-refractivity contribution in [3.63, 3.8) is 0 Å². The van der Waals surface area contributed by atoms with Crippen molar-refractivity contribution in [2.24, 2.45) is 17.6 Å². The Morgan fingerprint density at radius 1 is 1.20 bits per heavy atom. The molecule has 1 fully saturated rings. The summed E-state index contributed by atoms with van der Waals surface area (Å²) in [5.41, 5.74) is 5.99. The molecule has 0 saturated heterocycles. The molecule has 4 nitrogen and oxygen atoms in total. The molecule has 0 radical (unpaired) electrons. The van der Waals surface area contributed by atoms with E-state index in [1.165, 1.54) is 25.7 Å². The first-order valence-corrected chi connectivity index (χ1v) is 8.12. The van der Waals surface area contributed by atoms with Gasteiger partial charge in [0.25, 0.3) is 0 Å². The Labute approximate surface area is 122 Å². The predicted octanol–water partition coefficient (Wildman–Crippen LogP) is 3.84. The summed E-state index contributed by atoms with van der Waals surface area (Å²) in [6, 6.07) is 0.0602. The van der Waals surface area contributed by atoms with Crippen molar-refractivity contribution in [3.8, 4) is 0 Å². The van der Waals surface area contributed by atoms with Gasteiger partial charge in [0.05, 0.1) is 5.92 Å². The number of rotatable bonds is 5. The molecule has 1 saturated carbocycles. The van der Waals surface area contributed by atoms with E-state index in [0.29, 0.717) is 5.92 Å². The third kappa shape index (κ3) is 3.40. The van der Waals surface area contributed by atoms with E-state index in [1.807, 2.05) is 6.92 Å². The monoisotopic (exact) mass is 279 g/mol.